The van der Waals surface area contributed by atoms with E-state index in [1.807, 2.05) is 0 Å². The van der Waals surface area contributed by atoms with Crippen LogP contribution in [0.1, 0.15) is 33.1 Å². The van der Waals surface area contributed by atoms with Gasteiger partial charge >= 0.3 is 0 Å². The van der Waals surface area contributed by atoms with Gasteiger partial charge in [0.25, 0.3) is 0 Å². The highest BCUT2D eigenvalue weighted by atomic mass is 32.2. The Hall–Kier alpha value is -1.73. The molecule has 136 valence electrons. The van der Waals surface area contributed by atoms with E-state index in [-0.39, 0.29) is 17.0 Å². The molecule has 1 aliphatic rings. The van der Waals surface area contributed by atoms with Crippen LogP contribution in [-0.2, 0) is 9.84 Å². The molecule has 0 spiro atoms. The van der Waals surface area contributed by atoms with Gasteiger partial charge in [0, 0.05) is 18.2 Å². The Bertz CT molecular complexity index is 882. The largest absolute Gasteiger partial charge is 0.394 e. The number of fused-ring (bicyclic) bond motifs is 1. The van der Waals surface area contributed by atoms with Gasteiger partial charge in [-0.05, 0) is 43.4 Å². The molecule has 25 heavy (non-hydrogen) atoms. The summed E-state index contributed by atoms with van der Waals surface area (Å²) in [6.45, 7) is 5.15. The first kappa shape index (κ1) is 18.1. The molecule has 0 aliphatic carbocycles. The summed E-state index contributed by atoms with van der Waals surface area (Å²) >= 11 is 0. The molecule has 0 amide bonds. The fourth-order valence-electron chi connectivity index (χ4n) is 3.94. The number of nitrogens with zero attached hydrogens (tertiary/aromatic N) is 3. The number of hydrogen-bond acceptors (Lipinski definition) is 6. The van der Waals surface area contributed by atoms with Crippen LogP contribution in [0.5, 0.6) is 0 Å². The molecule has 1 fully saturated rings. The van der Waals surface area contributed by atoms with Crippen LogP contribution in [-0.4, -0.2) is 48.4 Å². The van der Waals surface area contributed by atoms with E-state index in [1.165, 1.54) is 12.6 Å². The third-order valence-electron chi connectivity index (χ3n) is 4.95. The van der Waals surface area contributed by atoms with Crippen LogP contribution >= 0.6 is 0 Å². The normalized spacial score (nSPS) is 21.4. The summed E-state index contributed by atoms with van der Waals surface area (Å²) in [6.07, 6.45) is 5.45. The zero-order chi connectivity index (χ0) is 18.2. The number of aliphatic hydroxyl groups excluding tert-OH is 1. The highest BCUT2D eigenvalue weighted by Crippen LogP contribution is 2.40. The number of sulfone groups is 1. The molecule has 1 aromatic heterocycles. The molecular weight excluding hydrogens is 338 g/mol. The van der Waals surface area contributed by atoms with E-state index in [9.17, 15) is 13.5 Å². The fraction of sp³-hybridized carbons (Fsp3) is 0.556. The lowest BCUT2D eigenvalue weighted by atomic mass is 9.87. The van der Waals surface area contributed by atoms with Crippen molar-refractivity contribution >= 4 is 26.6 Å². The zero-order valence-corrected chi connectivity index (χ0v) is 15.8. The molecular formula is C18H25N3O3S. The average Bonchev–Trinajstić information content (AvgIpc) is 2.96. The van der Waals surface area contributed by atoms with Crippen molar-refractivity contribution < 1.29 is 13.5 Å². The number of aromatic nitrogens is 2. The molecule has 2 aromatic rings. The van der Waals surface area contributed by atoms with Crippen molar-refractivity contribution in [1.29, 1.82) is 0 Å². The van der Waals surface area contributed by atoms with E-state index in [0.29, 0.717) is 22.6 Å². The predicted octanol–water partition coefficient (Wildman–Crippen LogP) is 2.41. The second kappa shape index (κ2) is 6.53. The Balaban J connectivity index is 2.17. The molecule has 1 aromatic carbocycles. The Labute approximate surface area is 148 Å². The average molecular weight is 363 g/mol. The predicted molar refractivity (Wildman–Crippen MR) is 98.5 cm³/mol. The minimum atomic E-state index is -3.31. The maximum atomic E-state index is 11.9. The second-order valence-electron chi connectivity index (χ2n) is 7.38. The molecule has 0 saturated carbocycles. The van der Waals surface area contributed by atoms with Crippen molar-refractivity contribution in [3.63, 3.8) is 0 Å². The van der Waals surface area contributed by atoms with Gasteiger partial charge in [0.15, 0.2) is 9.84 Å². The minimum Gasteiger partial charge on any atom is -0.394 e. The third kappa shape index (κ3) is 3.35. The lowest BCUT2D eigenvalue weighted by molar-refractivity contribution is 0.175. The van der Waals surface area contributed by atoms with Crippen LogP contribution in [0.3, 0.4) is 0 Å². The van der Waals surface area contributed by atoms with Crippen molar-refractivity contribution in [3.05, 3.63) is 24.5 Å². The second-order valence-corrected chi connectivity index (χ2v) is 9.40. The fourth-order valence-corrected chi connectivity index (χ4v) is 4.59. The maximum Gasteiger partial charge on any atom is 0.175 e. The van der Waals surface area contributed by atoms with Gasteiger partial charge in [-0.3, -0.25) is 0 Å². The molecule has 2 heterocycles. The summed E-state index contributed by atoms with van der Waals surface area (Å²) in [4.78, 5) is 11.2. The van der Waals surface area contributed by atoms with Crippen molar-refractivity contribution in [2.24, 2.45) is 5.92 Å². The zero-order valence-electron chi connectivity index (χ0n) is 14.9. The van der Waals surface area contributed by atoms with Crippen LogP contribution in [0.2, 0.25) is 0 Å². The topological polar surface area (TPSA) is 83.4 Å². The number of hydrogen-bond donors (Lipinski definition) is 1. The van der Waals surface area contributed by atoms with Crippen LogP contribution < -0.4 is 4.90 Å². The number of rotatable bonds is 5. The summed E-state index contributed by atoms with van der Waals surface area (Å²) in [7, 11) is -3.31. The van der Waals surface area contributed by atoms with Gasteiger partial charge in [-0.25, -0.2) is 18.4 Å². The standard InChI is InChI=1S/C18H25N3O3S/c1-13(2)10-18(11-22)7-4-8-21(18)17-15-9-14(25(3,23)24)5-6-16(15)19-12-20-17/h5-6,9,12-13,22H,4,7-8,10-11H2,1-3H3. The smallest absolute Gasteiger partial charge is 0.175 e. The lowest BCUT2D eigenvalue weighted by Crippen LogP contribution is -2.48. The van der Waals surface area contributed by atoms with Gasteiger partial charge in [-0.1, -0.05) is 13.8 Å². The summed E-state index contributed by atoms with van der Waals surface area (Å²) in [5.74, 6) is 1.15. The Morgan fingerprint density at radius 1 is 1.32 bits per heavy atom. The molecule has 1 N–H and O–H groups in total. The molecule has 1 unspecified atom stereocenters. The molecule has 0 radical (unpaired) electrons. The number of benzene rings is 1. The third-order valence-corrected chi connectivity index (χ3v) is 6.06. The molecule has 3 rings (SSSR count). The van der Waals surface area contributed by atoms with Gasteiger partial charge in [-0.2, -0.15) is 0 Å². The van der Waals surface area contributed by atoms with Crippen molar-refractivity contribution in [2.45, 2.75) is 43.5 Å². The van der Waals surface area contributed by atoms with Gasteiger partial charge < -0.3 is 10.0 Å². The van der Waals surface area contributed by atoms with Gasteiger partial charge in [0.05, 0.1) is 22.6 Å². The molecule has 1 saturated heterocycles. The molecule has 1 atom stereocenters. The summed E-state index contributed by atoms with van der Waals surface area (Å²) < 4.78 is 23.9. The molecule has 0 bridgehead atoms. The number of anilines is 1. The first-order valence-corrected chi connectivity index (χ1v) is 10.5. The first-order chi connectivity index (χ1) is 11.8. The Morgan fingerprint density at radius 2 is 2.08 bits per heavy atom. The van der Waals surface area contributed by atoms with Gasteiger partial charge in [0.1, 0.15) is 12.1 Å². The summed E-state index contributed by atoms with van der Waals surface area (Å²) in [6, 6.07) is 4.94. The van der Waals surface area contributed by atoms with E-state index in [4.69, 9.17) is 0 Å². The van der Waals surface area contributed by atoms with Crippen LogP contribution in [0.15, 0.2) is 29.4 Å². The van der Waals surface area contributed by atoms with Crippen molar-refractivity contribution in [2.75, 3.05) is 24.3 Å². The highest BCUT2D eigenvalue weighted by molar-refractivity contribution is 7.90. The van der Waals surface area contributed by atoms with Crippen LogP contribution in [0.4, 0.5) is 5.82 Å². The minimum absolute atomic E-state index is 0.0580. The highest BCUT2D eigenvalue weighted by Gasteiger charge is 2.42. The van der Waals surface area contributed by atoms with Gasteiger partial charge in [-0.15, -0.1) is 0 Å². The van der Waals surface area contributed by atoms with Crippen LogP contribution in [0, 0.1) is 5.92 Å². The monoisotopic (exact) mass is 363 g/mol. The SMILES string of the molecule is CC(C)CC1(CO)CCCN1c1ncnc2ccc(S(C)(=O)=O)cc12. The molecule has 6 nitrogen and oxygen atoms in total. The molecule has 1 aliphatic heterocycles. The van der Waals surface area contributed by atoms with Crippen molar-refractivity contribution in [3.8, 4) is 0 Å². The summed E-state index contributed by atoms with van der Waals surface area (Å²) in [5, 5.41) is 10.9. The van der Waals surface area contributed by atoms with E-state index < -0.39 is 9.84 Å². The first-order valence-electron chi connectivity index (χ1n) is 8.60. The van der Waals surface area contributed by atoms with E-state index in [0.717, 1.165) is 25.8 Å². The van der Waals surface area contributed by atoms with Crippen molar-refractivity contribution in [1.82, 2.24) is 9.97 Å². The summed E-state index contributed by atoms with van der Waals surface area (Å²) in [5.41, 5.74) is 0.358. The molecule has 7 heteroatoms. The Kier molecular flexibility index (Phi) is 4.72. The van der Waals surface area contributed by atoms with E-state index in [2.05, 4.69) is 28.7 Å². The maximum absolute atomic E-state index is 11.9. The van der Waals surface area contributed by atoms with E-state index in [1.54, 1.807) is 18.2 Å². The number of aliphatic hydroxyl groups is 1. The lowest BCUT2D eigenvalue weighted by Gasteiger charge is -2.39. The van der Waals surface area contributed by atoms with E-state index >= 15 is 0 Å². The quantitative estimate of drug-likeness (QED) is 0.878. The van der Waals surface area contributed by atoms with Crippen LogP contribution in [0.25, 0.3) is 10.9 Å². The Morgan fingerprint density at radius 3 is 2.72 bits per heavy atom. The van der Waals surface area contributed by atoms with Gasteiger partial charge in [0.2, 0.25) is 0 Å².